The predicted molar refractivity (Wildman–Crippen MR) is 121 cm³/mol. The molecule has 5 nitrogen and oxygen atoms in total. The second kappa shape index (κ2) is 9.01. The maximum absolute atomic E-state index is 12.4. The molecule has 1 aliphatic heterocycles. The van der Waals surface area contributed by atoms with E-state index in [0.29, 0.717) is 19.6 Å². The first-order valence-corrected chi connectivity index (χ1v) is 11.2. The Balaban J connectivity index is 1.26. The number of carbonyl (C=O) groups excluding carboxylic acids is 1. The second-order valence-corrected chi connectivity index (χ2v) is 8.72. The SMILES string of the molecule is Cc1ccc(Cl)c2sc(N3CCN(C(=O)NCCCc4ccccc4)CC3)nc12. The number of halogens is 1. The molecular formula is C22H25ClN4OS. The van der Waals surface area contributed by atoms with Crippen LogP contribution in [0, 0.1) is 6.92 Å². The van der Waals surface area contributed by atoms with Gasteiger partial charge < -0.3 is 15.1 Å². The maximum Gasteiger partial charge on any atom is 0.317 e. The van der Waals surface area contributed by atoms with Gasteiger partial charge in [0.15, 0.2) is 5.13 Å². The van der Waals surface area contributed by atoms with Gasteiger partial charge in [-0.3, -0.25) is 0 Å². The van der Waals surface area contributed by atoms with E-state index in [0.717, 1.165) is 51.9 Å². The number of carbonyl (C=O) groups is 1. The van der Waals surface area contributed by atoms with Crippen molar-refractivity contribution in [1.29, 1.82) is 0 Å². The van der Waals surface area contributed by atoms with Gasteiger partial charge in [-0.1, -0.05) is 59.3 Å². The standard InChI is InChI=1S/C22H25ClN4OS/c1-16-9-10-18(23)20-19(16)25-22(29-20)27-14-12-26(13-15-27)21(28)24-11-5-8-17-6-3-2-4-7-17/h2-4,6-7,9-10H,5,8,11-15H2,1H3,(H,24,28). The molecule has 0 atom stereocenters. The normalized spacial score (nSPS) is 14.4. The van der Waals surface area contributed by atoms with Gasteiger partial charge >= 0.3 is 6.03 Å². The number of rotatable bonds is 5. The Morgan fingerprint density at radius 1 is 1.14 bits per heavy atom. The zero-order valence-corrected chi connectivity index (χ0v) is 18.1. The third-order valence-corrected chi connectivity index (χ3v) is 6.86. The van der Waals surface area contributed by atoms with E-state index < -0.39 is 0 Å². The van der Waals surface area contributed by atoms with Gasteiger partial charge in [0.05, 0.1) is 15.2 Å². The predicted octanol–water partition coefficient (Wildman–Crippen LogP) is 4.72. The van der Waals surface area contributed by atoms with Gasteiger partial charge in [-0.25, -0.2) is 9.78 Å². The van der Waals surface area contributed by atoms with Gasteiger partial charge in [-0.2, -0.15) is 0 Å². The Kier molecular flexibility index (Phi) is 6.21. The monoisotopic (exact) mass is 428 g/mol. The number of piperazine rings is 1. The van der Waals surface area contributed by atoms with Crippen LogP contribution in [-0.4, -0.2) is 48.6 Å². The number of aromatic nitrogens is 1. The summed E-state index contributed by atoms with van der Waals surface area (Å²) in [6.07, 6.45) is 1.93. The average molecular weight is 429 g/mol. The lowest BCUT2D eigenvalue weighted by atomic mass is 10.1. The van der Waals surface area contributed by atoms with Gasteiger partial charge in [-0.15, -0.1) is 0 Å². The van der Waals surface area contributed by atoms with Crippen molar-refractivity contribution in [3.8, 4) is 0 Å². The number of thiazole rings is 1. The molecule has 0 spiro atoms. The minimum absolute atomic E-state index is 0.0286. The maximum atomic E-state index is 12.4. The average Bonchev–Trinajstić information content (AvgIpc) is 3.22. The van der Waals surface area contributed by atoms with Crippen LogP contribution in [0.15, 0.2) is 42.5 Å². The zero-order valence-electron chi connectivity index (χ0n) is 16.5. The van der Waals surface area contributed by atoms with Gasteiger partial charge in [0.2, 0.25) is 0 Å². The highest BCUT2D eigenvalue weighted by Gasteiger charge is 2.23. The Morgan fingerprint density at radius 3 is 2.62 bits per heavy atom. The van der Waals surface area contributed by atoms with Crippen LogP contribution >= 0.6 is 22.9 Å². The molecule has 0 aliphatic carbocycles. The molecule has 0 saturated carbocycles. The van der Waals surface area contributed by atoms with Crippen LogP contribution < -0.4 is 10.2 Å². The number of hydrogen-bond donors (Lipinski definition) is 1. The molecule has 152 valence electrons. The quantitative estimate of drug-likeness (QED) is 0.598. The van der Waals surface area contributed by atoms with E-state index in [9.17, 15) is 4.79 Å². The molecule has 4 rings (SSSR count). The zero-order chi connectivity index (χ0) is 20.2. The summed E-state index contributed by atoms with van der Waals surface area (Å²) in [6.45, 7) is 5.73. The third-order valence-electron chi connectivity index (χ3n) is 5.28. The van der Waals surface area contributed by atoms with Crippen LogP contribution in [0.5, 0.6) is 0 Å². The molecule has 0 bridgehead atoms. The molecule has 1 N–H and O–H groups in total. The Labute approximate surface area is 180 Å². The van der Waals surface area contributed by atoms with Crippen LogP contribution in [0.2, 0.25) is 5.02 Å². The summed E-state index contributed by atoms with van der Waals surface area (Å²) in [5.41, 5.74) is 3.43. The van der Waals surface area contributed by atoms with Crippen molar-refractivity contribution in [2.45, 2.75) is 19.8 Å². The highest BCUT2D eigenvalue weighted by atomic mass is 35.5. The number of nitrogens with one attached hydrogen (secondary N) is 1. The lowest BCUT2D eigenvalue weighted by Crippen LogP contribution is -2.52. The third kappa shape index (κ3) is 4.65. The fraction of sp³-hybridized carbons (Fsp3) is 0.364. The van der Waals surface area contributed by atoms with E-state index in [1.165, 1.54) is 5.56 Å². The molecule has 7 heteroatoms. The van der Waals surface area contributed by atoms with Crippen LogP contribution in [0.4, 0.5) is 9.93 Å². The van der Waals surface area contributed by atoms with E-state index in [2.05, 4.69) is 29.3 Å². The highest BCUT2D eigenvalue weighted by Crippen LogP contribution is 2.35. The number of fused-ring (bicyclic) bond motifs is 1. The van der Waals surface area contributed by atoms with Crippen LogP contribution in [0.3, 0.4) is 0 Å². The summed E-state index contributed by atoms with van der Waals surface area (Å²) in [7, 11) is 0. The number of urea groups is 1. The molecule has 2 aromatic carbocycles. The molecule has 0 radical (unpaired) electrons. The first kappa shape index (κ1) is 20.0. The summed E-state index contributed by atoms with van der Waals surface area (Å²) in [6, 6.07) is 14.3. The first-order chi connectivity index (χ1) is 14.1. The van der Waals surface area contributed by atoms with E-state index in [1.807, 2.05) is 35.2 Å². The Morgan fingerprint density at radius 2 is 1.90 bits per heavy atom. The van der Waals surface area contributed by atoms with Gasteiger partial charge in [-0.05, 0) is 37.0 Å². The molecule has 2 amide bonds. The van der Waals surface area contributed by atoms with E-state index >= 15 is 0 Å². The van der Waals surface area contributed by atoms with Crippen molar-refractivity contribution in [2.24, 2.45) is 0 Å². The van der Waals surface area contributed by atoms with Gasteiger partial charge in [0, 0.05) is 32.7 Å². The summed E-state index contributed by atoms with van der Waals surface area (Å²) in [5.74, 6) is 0. The molecule has 1 aliphatic rings. The molecule has 29 heavy (non-hydrogen) atoms. The van der Waals surface area contributed by atoms with Crippen LogP contribution in [-0.2, 0) is 6.42 Å². The minimum Gasteiger partial charge on any atom is -0.345 e. The van der Waals surface area contributed by atoms with Crippen molar-refractivity contribution in [3.05, 3.63) is 58.6 Å². The topological polar surface area (TPSA) is 48.5 Å². The summed E-state index contributed by atoms with van der Waals surface area (Å²) < 4.78 is 1.04. The first-order valence-electron chi connectivity index (χ1n) is 9.99. The fourth-order valence-corrected chi connectivity index (χ4v) is 4.94. The molecular weight excluding hydrogens is 404 g/mol. The molecule has 1 saturated heterocycles. The van der Waals surface area contributed by atoms with Crippen molar-refractivity contribution in [1.82, 2.24) is 15.2 Å². The number of aryl methyl sites for hydroxylation is 2. The molecule has 3 aromatic rings. The summed E-state index contributed by atoms with van der Waals surface area (Å²) in [5, 5.41) is 4.79. The van der Waals surface area contributed by atoms with E-state index in [4.69, 9.17) is 16.6 Å². The molecule has 0 unspecified atom stereocenters. The number of nitrogens with zero attached hydrogens (tertiary/aromatic N) is 3. The number of benzene rings is 2. The lowest BCUT2D eigenvalue weighted by molar-refractivity contribution is 0.194. The van der Waals surface area contributed by atoms with Crippen molar-refractivity contribution >= 4 is 44.3 Å². The Bertz CT molecular complexity index is 944. The van der Waals surface area contributed by atoms with Crippen molar-refractivity contribution in [2.75, 3.05) is 37.6 Å². The van der Waals surface area contributed by atoms with Gasteiger partial charge in [0.25, 0.3) is 0 Å². The molecule has 1 fully saturated rings. The number of amides is 2. The van der Waals surface area contributed by atoms with Crippen molar-refractivity contribution in [3.63, 3.8) is 0 Å². The fourth-order valence-electron chi connectivity index (χ4n) is 3.57. The minimum atomic E-state index is 0.0286. The smallest absolute Gasteiger partial charge is 0.317 e. The highest BCUT2D eigenvalue weighted by molar-refractivity contribution is 7.22. The summed E-state index contributed by atoms with van der Waals surface area (Å²) in [4.78, 5) is 21.4. The van der Waals surface area contributed by atoms with Crippen LogP contribution in [0.25, 0.3) is 10.2 Å². The van der Waals surface area contributed by atoms with E-state index in [-0.39, 0.29) is 6.03 Å². The lowest BCUT2D eigenvalue weighted by Gasteiger charge is -2.34. The van der Waals surface area contributed by atoms with E-state index in [1.54, 1.807) is 11.3 Å². The van der Waals surface area contributed by atoms with Crippen LogP contribution in [0.1, 0.15) is 17.5 Å². The largest absolute Gasteiger partial charge is 0.345 e. The van der Waals surface area contributed by atoms with Crippen molar-refractivity contribution < 1.29 is 4.79 Å². The second-order valence-electron chi connectivity index (χ2n) is 7.33. The van der Waals surface area contributed by atoms with Gasteiger partial charge in [0.1, 0.15) is 0 Å². The molecule has 1 aromatic heterocycles. The molecule has 2 heterocycles. The number of anilines is 1. The Hall–Kier alpha value is -2.31. The summed E-state index contributed by atoms with van der Waals surface area (Å²) >= 11 is 7.97. The number of hydrogen-bond acceptors (Lipinski definition) is 4.